The van der Waals surface area contributed by atoms with Crippen molar-refractivity contribution in [2.24, 2.45) is 5.41 Å². The van der Waals surface area contributed by atoms with E-state index in [4.69, 9.17) is 10.7 Å². The molecule has 5 heteroatoms. The van der Waals surface area contributed by atoms with Crippen LogP contribution in [0.5, 0.6) is 0 Å². The van der Waals surface area contributed by atoms with Gasteiger partial charge in [0, 0.05) is 29.7 Å². The second-order valence-electron chi connectivity index (χ2n) is 8.42. The van der Waals surface area contributed by atoms with Crippen molar-refractivity contribution in [2.45, 2.75) is 81.1 Å². The van der Waals surface area contributed by atoms with Crippen molar-refractivity contribution < 1.29 is 13.2 Å². The minimum Gasteiger partial charge on any atom is -0.310 e. The molecule has 0 radical (unpaired) electrons. The lowest BCUT2D eigenvalue weighted by molar-refractivity contribution is 0.0174. The Hall–Kier alpha value is -2.61. The minimum atomic E-state index is -2.91. The third kappa shape index (κ3) is 10.1. The Labute approximate surface area is 193 Å². The number of nitrogens with one attached hydrogen (secondary N) is 1. The van der Waals surface area contributed by atoms with Crippen LogP contribution in [0, 0.1) is 22.2 Å². The largest absolute Gasteiger partial charge is 0.310 e. The monoisotopic (exact) mass is 448 g/mol. The van der Waals surface area contributed by atoms with Crippen LogP contribution >= 0.6 is 0 Å². The van der Waals surface area contributed by atoms with Gasteiger partial charge in [0.1, 0.15) is 5.83 Å². The summed E-state index contributed by atoms with van der Waals surface area (Å²) in [4.78, 5) is 0. The van der Waals surface area contributed by atoms with Crippen molar-refractivity contribution in [1.82, 2.24) is 0 Å². The number of hydrogen-bond donors (Lipinski definition) is 1. The predicted molar refractivity (Wildman–Crippen MR) is 131 cm³/mol. The summed E-state index contributed by atoms with van der Waals surface area (Å²) >= 11 is 0. The Balaban J connectivity index is 0. The van der Waals surface area contributed by atoms with Crippen molar-refractivity contribution in [2.75, 3.05) is 0 Å². The van der Waals surface area contributed by atoms with Crippen molar-refractivity contribution in [3.05, 3.63) is 70.6 Å². The molecule has 1 atom stereocenters. The maximum absolute atomic E-state index is 14.6. The van der Waals surface area contributed by atoms with Crippen LogP contribution in [0.2, 0.25) is 0 Å². The molecule has 0 aliphatic carbocycles. The fourth-order valence-corrected chi connectivity index (χ4v) is 3.14. The molecule has 0 spiro atoms. The van der Waals surface area contributed by atoms with Crippen molar-refractivity contribution in [3.8, 4) is 6.07 Å². The Morgan fingerprint density at radius 2 is 1.44 bits per heavy atom. The Bertz CT molecular complexity index is 858. The molecule has 1 N–H and O–H groups in total. The maximum Gasteiger partial charge on any atom is 0.270 e. The molecule has 0 amide bonds. The third-order valence-electron chi connectivity index (χ3n) is 4.81. The quantitative estimate of drug-likeness (QED) is 0.200. The van der Waals surface area contributed by atoms with Gasteiger partial charge in [-0.25, -0.2) is 13.2 Å². The van der Waals surface area contributed by atoms with Crippen LogP contribution < -0.4 is 0 Å². The summed E-state index contributed by atoms with van der Waals surface area (Å²) < 4.78 is 41.5. The summed E-state index contributed by atoms with van der Waals surface area (Å²) in [6.07, 6.45) is 1.22. The molecule has 1 aromatic rings. The normalized spacial score (nSPS) is 13.3. The standard InChI is InChI=1S/C22H26F3N.C3H7N.C2H6/c1-14(2)20(17-8-10-18(11-9-17)22(7,24)25)21(5,6)16(4)19(23)12-15(3)13-26;1-3(2)4;1-2/h8-12,20H,1H2,2-7H3;4H,1-2H3;1-2H3/b15-12+,19-16-;;. The fraction of sp³-hybridized carbons (Fsp3) is 0.481. The van der Waals surface area contributed by atoms with Gasteiger partial charge in [0.15, 0.2) is 0 Å². The van der Waals surface area contributed by atoms with Gasteiger partial charge < -0.3 is 5.41 Å². The molecule has 0 bridgehead atoms. The predicted octanol–water partition coefficient (Wildman–Crippen LogP) is 9.27. The topological polar surface area (TPSA) is 47.6 Å². The number of rotatable bonds is 6. The van der Waals surface area contributed by atoms with Gasteiger partial charge in [-0.15, -0.1) is 0 Å². The summed E-state index contributed by atoms with van der Waals surface area (Å²) in [5, 5.41) is 15.4. The van der Waals surface area contributed by atoms with Crippen LogP contribution in [0.1, 0.15) is 86.3 Å². The first-order valence-electron chi connectivity index (χ1n) is 10.7. The number of hydrogen-bond acceptors (Lipinski definition) is 2. The van der Waals surface area contributed by atoms with Crippen LogP contribution in [-0.2, 0) is 5.92 Å². The van der Waals surface area contributed by atoms with Crippen molar-refractivity contribution in [1.29, 1.82) is 10.7 Å². The zero-order chi connectivity index (χ0) is 25.9. The zero-order valence-corrected chi connectivity index (χ0v) is 21.3. The molecule has 0 heterocycles. The highest BCUT2D eigenvalue weighted by atomic mass is 19.3. The summed E-state index contributed by atoms with van der Waals surface area (Å²) in [7, 11) is 0. The number of nitriles is 1. The number of nitrogens with zero attached hydrogens (tertiary/aromatic N) is 1. The fourth-order valence-electron chi connectivity index (χ4n) is 3.14. The zero-order valence-electron chi connectivity index (χ0n) is 21.3. The second-order valence-corrected chi connectivity index (χ2v) is 8.42. The van der Waals surface area contributed by atoms with Crippen LogP contribution in [0.15, 0.2) is 59.5 Å². The lowest BCUT2D eigenvalue weighted by Gasteiger charge is -2.37. The van der Waals surface area contributed by atoms with E-state index in [0.29, 0.717) is 11.3 Å². The molecule has 1 unspecified atom stereocenters. The second kappa shape index (κ2) is 13.7. The van der Waals surface area contributed by atoms with E-state index in [1.807, 2.05) is 40.7 Å². The average molecular weight is 449 g/mol. The number of allylic oxidation sites excluding steroid dienone is 5. The number of halogens is 3. The van der Waals surface area contributed by atoms with Gasteiger partial charge in [-0.3, -0.25) is 0 Å². The average Bonchev–Trinajstić information content (AvgIpc) is 2.67. The Morgan fingerprint density at radius 3 is 1.75 bits per heavy atom. The number of alkyl halides is 2. The molecule has 1 aromatic carbocycles. The van der Waals surface area contributed by atoms with E-state index in [0.717, 1.165) is 18.1 Å². The molecule has 1 rings (SSSR count). The molecule has 0 saturated heterocycles. The van der Waals surface area contributed by atoms with Crippen LogP contribution in [0.3, 0.4) is 0 Å². The van der Waals surface area contributed by atoms with Gasteiger partial charge in [0.25, 0.3) is 5.92 Å². The van der Waals surface area contributed by atoms with E-state index in [1.165, 1.54) is 18.2 Å². The SMILES string of the molecule is C=C(C)C(c1ccc(C(C)(F)F)cc1)C(C)(C)/C(C)=C(F)/C=C(\C)C#N.CC.CC(C)=N. The summed E-state index contributed by atoms with van der Waals surface area (Å²) in [5.74, 6) is -3.63. The van der Waals surface area contributed by atoms with Crippen LogP contribution in [-0.4, -0.2) is 5.71 Å². The van der Waals surface area contributed by atoms with Crippen LogP contribution in [0.25, 0.3) is 0 Å². The first-order chi connectivity index (χ1) is 14.5. The minimum absolute atomic E-state index is 0.0643. The van der Waals surface area contributed by atoms with E-state index >= 15 is 0 Å². The highest BCUT2D eigenvalue weighted by molar-refractivity contribution is 5.75. The lowest BCUT2D eigenvalue weighted by atomic mass is 9.67. The van der Waals surface area contributed by atoms with Crippen molar-refractivity contribution >= 4 is 5.71 Å². The first-order valence-corrected chi connectivity index (χ1v) is 10.7. The van der Waals surface area contributed by atoms with Gasteiger partial charge in [0.05, 0.1) is 6.07 Å². The third-order valence-corrected chi connectivity index (χ3v) is 4.81. The summed E-state index contributed by atoms with van der Waals surface area (Å²) in [6, 6.07) is 8.00. The van der Waals surface area contributed by atoms with E-state index < -0.39 is 17.2 Å². The first kappa shape index (κ1) is 31.6. The molecule has 0 saturated carbocycles. The molecule has 0 fully saturated rings. The maximum atomic E-state index is 14.6. The summed E-state index contributed by atoms with van der Waals surface area (Å²) in [5.41, 5.74) is 2.30. The van der Waals surface area contributed by atoms with Gasteiger partial charge >= 0.3 is 0 Å². The highest BCUT2D eigenvalue weighted by Gasteiger charge is 2.35. The lowest BCUT2D eigenvalue weighted by Crippen LogP contribution is -2.25. The smallest absolute Gasteiger partial charge is 0.270 e. The molecule has 0 aliphatic rings. The molecule has 0 aromatic heterocycles. The van der Waals surface area contributed by atoms with E-state index in [-0.39, 0.29) is 17.1 Å². The molecular weight excluding hydrogens is 409 g/mol. The highest BCUT2D eigenvalue weighted by Crippen LogP contribution is 2.47. The Kier molecular flexibility index (Phi) is 13.5. The van der Waals surface area contributed by atoms with Crippen LogP contribution in [0.4, 0.5) is 13.2 Å². The van der Waals surface area contributed by atoms with E-state index in [2.05, 4.69) is 6.58 Å². The molecule has 32 heavy (non-hydrogen) atoms. The van der Waals surface area contributed by atoms with Gasteiger partial charge in [-0.2, -0.15) is 5.26 Å². The van der Waals surface area contributed by atoms with Gasteiger partial charge in [-0.1, -0.05) is 64.1 Å². The number of benzene rings is 1. The van der Waals surface area contributed by atoms with Crippen molar-refractivity contribution in [3.63, 3.8) is 0 Å². The van der Waals surface area contributed by atoms with Gasteiger partial charge in [0.2, 0.25) is 0 Å². The van der Waals surface area contributed by atoms with E-state index in [1.54, 1.807) is 39.8 Å². The Morgan fingerprint density at radius 1 is 1.03 bits per heavy atom. The van der Waals surface area contributed by atoms with Gasteiger partial charge in [-0.05, 0) is 57.2 Å². The summed E-state index contributed by atoms with van der Waals surface area (Å²) in [6.45, 7) is 21.2. The molecule has 178 valence electrons. The molecule has 0 aliphatic heterocycles. The van der Waals surface area contributed by atoms with E-state index in [9.17, 15) is 13.2 Å². The molecule has 2 nitrogen and oxygen atoms in total. The molecular formula is C27H39F3N2.